The lowest BCUT2D eigenvalue weighted by molar-refractivity contribution is 0.123. The summed E-state index contributed by atoms with van der Waals surface area (Å²) in [4.78, 5) is 0. The van der Waals surface area contributed by atoms with Gasteiger partial charge in [-0.2, -0.15) is 10.4 Å². The average Bonchev–Trinajstić information content (AvgIpc) is 2.67. The summed E-state index contributed by atoms with van der Waals surface area (Å²) in [5.41, 5.74) is 0.723. The molecule has 2 unspecified atom stereocenters. The van der Waals surface area contributed by atoms with Crippen LogP contribution in [0.2, 0.25) is 0 Å². The number of aromatic nitrogens is 2. The molecule has 0 aliphatic rings. The summed E-state index contributed by atoms with van der Waals surface area (Å²) >= 11 is 0. The highest BCUT2D eigenvalue weighted by atomic mass is 16.3. The molecule has 4 nitrogen and oxygen atoms in total. The van der Waals surface area contributed by atoms with Gasteiger partial charge in [0.1, 0.15) is 6.10 Å². The number of nitriles is 1. The van der Waals surface area contributed by atoms with Gasteiger partial charge in [-0.1, -0.05) is 6.92 Å². The van der Waals surface area contributed by atoms with Crippen LogP contribution < -0.4 is 0 Å². The van der Waals surface area contributed by atoms with Crippen molar-refractivity contribution in [1.29, 1.82) is 5.26 Å². The van der Waals surface area contributed by atoms with Gasteiger partial charge in [-0.25, -0.2) is 0 Å². The molecule has 4 heteroatoms. The van der Waals surface area contributed by atoms with Gasteiger partial charge in [-0.05, 0) is 19.4 Å². The fourth-order valence-corrected chi connectivity index (χ4v) is 1.45. The predicted octanol–water partition coefficient (Wildman–Crippen LogP) is 1.49. The molecule has 0 amide bonds. The van der Waals surface area contributed by atoms with Crippen LogP contribution in [0, 0.1) is 17.2 Å². The Morgan fingerprint density at radius 1 is 1.64 bits per heavy atom. The Labute approximate surface area is 83.8 Å². The number of nitrogens with zero attached hydrogens (tertiary/aromatic N) is 3. The fourth-order valence-electron chi connectivity index (χ4n) is 1.45. The quantitative estimate of drug-likeness (QED) is 0.788. The Morgan fingerprint density at radius 2 is 2.36 bits per heavy atom. The minimum absolute atomic E-state index is 0.350. The monoisotopic (exact) mass is 193 g/mol. The van der Waals surface area contributed by atoms with Crippen LogP contribution >= 0.6 is 0 Å². The van der Waals surface area contributed by atoms with E-state index in [1.54, 1.807) is 16.9 Å². The van der Waals surface area contributed by atoms with Crippen LogP contribution in [-0.4, -0.2) is 14.9 Å². The van der Waals surface area contributed by atoms with Crippen molar-refractivity contribution in [2.75, 3.05) is 0 Å². The first-order valence-corrected chi connectivity index (χ1v) is 4.83. The number of aliphatic hydroxyl groups excluding tert-OH is 1. The molecule has 1 aromatic rings. The van der Waals surface area contributed by atoms with Crippen molar-refractivity contribution in [2.24, 2.45) is 5.92 Å². The second kappa shape index (κ2) is 4.77. The third kappa shape index (κ3) is 1.94. The van der Waals surface area contributed by atoms with E-state index in [2.05, 4.69) is 11.2 Å². The molecule has 14 heavy (non-hydrogen) atoms. The maximum Gasteiger partial charge on any atom is 0.111 e. The highest BCUT2D eigenvalue weighted by Crippen LogP contribution is 2.23. The van der Waals surface area contributed by atoms with Crippen molar-refractivity contribution in [3.63, 3.8) is 0 Å². The van der Waals surface area contributed by atoms with Crippen LogP contribution in [-0.2, 0) is 6.54 Å². The molecule has 0 fully saturated rings. The Hall–Kier alpha value is -1.34. The largest absolute Gasteiger partial charge is 0.385 e. The molecule has 0 spiro atoms. The number of rotatable bonds is 4. The second-order valence-corrected chi connectivity index (χ2v) is 3.16. The van der Waals surface area contributed by atoms with Crippen molar-refractivity contribution in [3.05, 3.63) is 18.0 Å². The van der Waals surface area contributed by atoms with Crippen LogP contribution in [0.4, 0.5) is 0 Å². The Bertz CT molecular complexity index is 326. The maximum atomic E-state index is 9.90. The molecule has 0 aromatic carbocycles. The smallest absolute Gasteiger partial charge is 0.111 e. The average molecular weight is 193 g/mol. The first-order valence-electron chi connectivity index (χ1n) is 4.83. The van der Waals surface area contributed by atoms with Gasteiger partial charge in [-0.15, -0.1) is 0 Å². The molecule has 1 aromatic heterocycles. The zero-order valence-electron chi connectivity index (χ0n) is 8.51. The van der Waals surface area contributed by atoms with Crippen molar-refractivity contribution in [3.8, 4) is 6.07 Å². The van der Waals surface area contributed by atoms with E-state index in [-0.39, 0.29) is 5.92 Å². The van der Waals surface area contributed by atoms with Crippen LogP contribution in [0.15, 0.2) is 12.3 Å². The lowest BCUT2D eigenvalue weighted by atomic mass is 9.99. The summed E-state index contributed by atoms with van der Waals surface area (Å²) < 4.78 is 1.71. The maximum absolute atomic E-state index is 9.90. The van der Waals surface area contributed by atoms with Crippen molar-refractivity contribution < 1.29 is 5.11 Å². The molecular formula is C10H15N3O. The zero-order valence-corrected chi connectivity index (χ0v) is 8.51. The molecule has 0 bridgehead atoms. The Kier molecular flexibility index (Phi) is 3.66. The van der Waals surface area contributed by atoms with E-state index >= 15 is 0 Å². The lowest BCUT2D eigenvalue weighted by Crippen LogP contribution is -2.15. The molecule has 0 aliphatic heterocycles. The van der Waals surface area contributed by atoms with Gasteiger partial charge in [0.05, 0.1) is 17.7 Å². The molecule has 1 rings (SSSR count). The van der Waals surface area contributed by atoms with Gasteiger partial charge in [0, 0.05) is 12.7 Å². The summed E-state index contributed by atoms with van der Waals surface area (Å²) in [5.74, 6) is -0.350. The SMILES string of the molecule is CCC(C#N)C(O)c1ccnn1CC. The highest BCUT2D eigenvalue weighted by Gasteiger charge is 2.21. The Morgan fingerprint density at radius 3 is 2.86 bits per heavy atom. The van der Waals surface area contributed by atoms with Crippen molar-refractivity contribution >= 4 is 0 Å². The van der Waals surface area contributed by atoms with Crippen molar-refractivity contribution in [2.45, 2.75) is 32.9 Å². The standard InChI is InChI=1S/C10H15N3O/c1-3-8(7-11)10(14)9-5-6-12-13(9)4-2/h5-6,8,10,14H,3-4H2,1-2H3. The van der Waals surface area contributed by atoms with E-state index in [1.165, 1.54) is 0 Å². The molecule has 0 aliphatic carbocycles. The molecule has 0 saturated carbocycles. The molecule has 0 radical (unpaired) electrons. The topological polar surface area (TPSA) is 61.8 Å². The Balaban J connectivity index is 2.88. The summed E-state index contributed by atoms with van der Waals surface area (Å²) in [6.45, 7) is 4.56. The minimum Gasteiger partial charge on any atom is -0.385 e. The number of hydrogen-bond acceptors (Lipinski definition) is 3. The summed E-state index contributed by atoms with van der Waals surface area (Å²) in [6, 6.07) is 3.86. The summed E-state index contributed by atoms with van der Waals surface area (Å²) in [7, 11) is 0. The van der Waals surface area contributed by atoms with Gasteiger partial charge in [0.15, 0.2) is 0 Å². The van der Waals surface area contributed by atoms with Crippen LogP contribution in [0.5, 0.6) is 0 Å². The highest BCUT2D eigenvalue weighted by molar-refractivity contribution is 5.09. The van der Waals surface area contributed by atoms with Gasteiger partial charge in [0.25, 0.3) is 0 Å². The first-order chi connectivity index (χ1) is 6.74. The van der Waals surface area contributed by atoms with E-state index in [4.69, 9.17) is 5.26 Å². The molecule has 1 N–H and O–H groups in total. The number of hydrogen-bond donors (Lipinski definition) is 1. The fraction of sp³-hybridized carbons (Fsp3) is 0.600. The number of aliphatic hydroxyl groups is 1. The normalized spacial score (nSPS) is 14.7. The first kappa shape index (κ1) is 10.7. The summed E-state index contributed by atoms with van der Waals surface area (Å²) in [5, 5.41) is 22.8. The van der Waals surface area contributed by atoms with E-state index < -0.39 is 6.10 Å². The van der Waals surface area contributed by atoms with Gasteiger partial charge in [-0.3, -0.25) is 4.68 Å². The molecule has 0 saturated heterocycles. The lowest BCUT2D eigenvalue weighted by Gasteiger charge is -2.15. The van der Waals surface area contributed by atoms with E-state index in [0.29, 0.717) is 13.0 Å². The van der Waals surface area contributed by atoms with E-state index in [1.807, 2.05) is 13.8 Å². The minimum atomic E-state index is -0.729. The van der Waals surface area contributed by atoms with Gasteiger partial charge < -0.3 is 5.11 Å². The third-order valence-electron chi connectivity index (χ3n) is 2.34. The van der Waals surface area contributed by atoms with Gasteiger partial charge in [0.2, 0.25) is 0 Å². The van der Waals surface area contributed by atoms with Crippen LogP contribution in [0.1, 0.15) is 32.1 Å². The van der Waals surface area contributed by atoms with E-state index in [0.717, 1.165) is 5.69 Å². The van der Waals surface area contributed by atoms with E-state index in [9.17, 15) is 5.11 Å². The second-order valence-electron chi connectivity index (χ2n) is 3.16. The molecular weight excluding hydrogens is 178 g/mol. The van der Waals surface area contributed by atoms with Crippen LogP contribution in [0.25, 0.3) is 0 Å². The van der Waals surface area contributed by atoms with Crippen LogP contribution in [0.3, 0.4) is 0 Å². The third-order valence-corrected chi connectivity index (χ3v) is 2.34. The molecule has 2 atom stereocenters. The van der Waals surface area contributed by atoms with Crippen molar-refractivity contribution in [1.82, 2.24) is 9.78 Å². The zero-order chi connectivity index (χ0) is 10.6. The predicted molar refractivity (Wildman–Crippen MR) is 52.3 cm³/mol. The molecule has 76 valence electrons. The number of aryl methyl sites for hydroxylation is 1. The molecule has 1 heterocycles. The summed E-state index contributed by atoms with van der Waals surface area (Å²) in [6.07, 6.45) is 1.56. The van der Waals surface area contributed by atoms with Gasteiger partial charge >= 0.3 is 0 Å².